The summed E-state index contributed by atoms with van der Waals surface area (Å²) in [4.78, 5) is 19.7. The van der Waals surface area contributed by atoms with Gasteiger partial charge in [-0.1, -0.05) is 12.1 Å². The van der Waals surface area contributed by atoms with Gasteiger partial charge in [0.05, 0.1) is 21.3 Å². The molecule has 1 aliphatic rings. The lowest BCUT2D eigenvalue weighted by Crippen LogP contribution is -2.39. The number of carbonyl (C=O) groups is 1. The third-order valence-corrected chi connectivity index (χ3v) is 6.04. The fraction of sp³-hybridized carbons (Fsp3) is 0.364. The maximum absolute atomic E-state index is 13.0. The van der Waals surface area contributed by atoms with E-state index < -0.39 is 0 Å². The summed E-state index contributed by atoms with van der Waals surface area (Å²) in [6, 6.07) is 15.7. The van der Waals surface area contributed by atoms with E-state index in [1.165, 1.54) is 4.70 Å². The number of piperidine rings is 1. The Morgan fingerprint density at radius 3 is 2.70 bits per heavy atom. The summed E-state index contributed by atoms with van der Waals surface area (Å²) in [6.45, 7) is 5.54. The van der Waals surface area contributed by atoms with Crippen molar-refractivity contribution in [1.29, 1.82) is 0 Å². The van der Waals surface area contributed by atoms with Crippen LogP contribution >= 0.6 is 11.3 Å². The highest BCUT2D eigenvalue weighted by molar-refractivity contribution is 7.18. The number of amides is 1. The van der Waals surface area contributed by atoms with Crippen LogP contribution in [0.5, 0.6) is 5.75 Å². The lowest BCUT2D eigenvalue weighted by atomic mass is 9.98. The second kappa shape index (κ2) is 7.69. The number of carbonyl (C=O) groups excluding carboxylic acids is 1. The summed E-state index contributed by atoms with van der Waals surface area (Å²) in [5, 5.41) is 1.15. The van der Waals surface area contributed by atoms with Gasteiger partial charge in [-0.15, -0.1) is 11.3 Å². The monoisotopic (exact) mass is 380 g/mol. The number of nitrogens with zero attached hydrogens (tertiary/aromatic N) is 2. The molecule has 2 aromatic carbocycles. The van der Waals surface area contributed by atoms with E-state index in [0.29, 0.717) is 5.92 Å². The minimum absolute atomic E-state index is 0.0944. The summed E-state index contributed by atoms with van der Waals surface area (Å²) in [5.74, 6) is 1.22. The predicted molar refractivity (Wildman–Crippen MR) is 110 cm³/mol. The van der Waals surface area contributed by atoms with Gasteiger partial charge >= 0.3 is 0 Å². The van der Waals surface area contributed by atoms with Crippen LogP contribution in [0.2, 0.25) is 0 Å². The van der Waals surface area contributed by atoms with Crippen LogP contribution < -0.4 is 4.74 Å². The van der Waals surface area contributed by atoms with Crippen molar-refractivity contribution in [1.82, 2.24) is 9.88 Å². The van der Waals surface area contributed by atoms with Crippen LogP contribution in [0.1, 0.15) is 48.0 Å². The lowest BCUT2D eigenvalue weighted by molar-refractivity contribution is 0.0707. The van der Waals surface area contributed by atoms with Crippen molar-refractivity contribution in [2.75, 3.05) is 13.1 Å². The van der Waals surface area contributed by atoms with Gasteiger partial charge in [-0.3, -0.25) is 4.79 Å². The van der Waals surface area contributed by atoms with E-state index in [0.717, 1.165) is 47.8 Å². The molecule has 4 rings (SSSR count). The third-order valence-electron chi connectivity index (χ3n) is 4.84. The van der Waals surface area contributed by atoms with Gasteiger partial charge in [0.2, 0.25) is 0 Å². The summed E-state index contributed by atoms with van der Waals surface area (Å²) in [7, 11) is 0. The second-order valence-corrected chi connectivity index (χ2v) is 8.36. The second-order valence-electron chi connectivity index (χ2n) is 7.30. The molecular weight excluding hydrogens is 356 g/mol. The minimum Gasteiger partial charge on any atom is -0.491 e. The van der Waals surface area contributed by atoms with E-state index in [1.807, 2.05) is 55.1 Å². The Bertz CT molecular complexity index is 900. The maximum Gasteiger partial charge on any atom is 0.253 e. The zero-order valence-electron chi connectivity index (χ0n) is 15.7. The molecule has 3 aromatic rings. The molecule has 0 spiro atoms. The molecule has 5 heteroatoms. The van der Waals surface area contributed by atoms with Gasteiger partial charge in [-0.25, -0.2) is 4.98 Å². The Morgan fingerprint density at radius 2 is 1.96 bits per heavy atom. The fourth-order valence-electron chi connectivity index (χ4n) is 3.56. The number of rotatable bonds is 4. The molecule has 0 bridgehead atoms. The SMILES string of the molecule is CC(C)Oc1ccc(C(=O)N2CCC[C@H](c3nc4ccccc4s3)C2)cc1. The lowest BCUT2D eigenvalue weighted by Gasteiger charge is -2.32. The molecule has 2 heterocycles. The molecule has 1 atom stereocenters. The van der Waals surface area contributed by atoms with Crippen molar-refractivity contribution in [2.45, 2.75) is 38.7 Å². The first-order chi connectivity index (χ1) is 13.1. The molecule has 1 saturated heterocycles. The van der Waals surface area contributed by atoms with Gasteiger partial charge in [-0.05, 0) is 63.1 Å². The predicted octanol–water partition coefficient (Wildman–Crippen LogP) is 5.10. The van der Waals surface area contributed by atoms with Gasteiger partial charge in [0, 0.05) is 24.6 Å². The Balaban J connectivity index is 1.48. The summed E-state index contributed by atoms with van der Waals surface area (Å²) in [6.07, 6.45) is 2.23. The minimum atomic E-state index is 0.0944. The molecule has 1 aliphatic heterocycles. The topological polar surface area (TPSA) is 42.4 Å². The van der Waals surface area contributed by atoms with Gasteiger partial charge in [0.15, 0.2) is 0 Å². The largest absolute Gasteiger partial charge is 0.491 e. The molecule has 0 radical (unpaired) electrons. The zero-order valence-corrected chi connectivity index (χ0v) is 16.5. The van der Waals surface area contributed by atoms with Gasteiger partial charge < -0.3 is 9.64 Å². The average molecular weight is 381 g/mol. The van der Waals surface area contributed by atoms with Gasteiger partial charge in [0.25, 0.3) is 5.91 Å². The maximum atomic E-state index is 13.0. The smallest absolute Gasteiger partial charge is 0.253 e. The van der Waals surface area contributed by atoms with Crippen LogP contribution in [-0.2, 0) is 0 Å². The molecule has 1 amide bonds. The highest BCUT2D eigenvalue weighted by Crippen LogP contribution is 2.33. The van der Waals surface area contributed by atoms with Crippen molar-refractivity contribution in [3.8, 4) is 5.75 Å². The molecule has 1 fully saturated rings. The first kappa shape index (κ1) is 18.0. The summed E-state index contributed by atoms with van der Waals surface area (Å²) in [5.41, 5.74) is 1.78. The van der Waals surface area contributed by atoms with Crippen LogP contribution in [0, 0.1) is 0 Å². The highest BCUT2D eigenvalue weighted by atomic mass is 32.1. The van der Waals surface area contributed by atoms with Crippen LogP contribution in [-0.4, -0.2) is 35.0 Å². The van der Waals surface area contributed by atoms with Crippen LogP contribution in [0.3, 0.4) is 0 Å². The third kappa shape index (κ3) is 3.98. The summed E-state index contributed by atoms with van der Waals surface area (Å²) >= 11 is 1.76. The Kier molecular flexibility index (Phi) is 5.12. The molecule has 4 nitrogen and oxygen atoms in total. The molecule has 0 saturated carbocycles. The number of ether oxygens (including phenoxy) is 1. The number of aromatic nitrogens is 1. The molecular formula is C22H24N2O2S. The number of likely N-dealkylation sites (tertiary alicyclic amines) is 1. The van der Waals surface area contributed by atoms with Gasteiger partial charge in [-0.2, -0.15) is 0 Å². The number of fused-ring (bicyclic) bond motifs is 1. The van der Waals surface area contributed by atoms with Crippen LogP contribution in [0.25, 0.3) is 10.2 Å². The van der Waals surface area contributed by atoms with Crippen molar-refractivity contribution in [3.63, 3.8) is 0 Å². The fourth-order valence-corrected chi connectivity index (χ4v) is 4.65. The summed E-state index contributed by atoms with van der Waals surface area (Å²) < 4.78 is 6.89. The van der Waals surface area contributed by atoms with Crippen molar-refractivity contribution in [3.05, 3.63) is 59.1 Å². The quantitative estimate of drug-likeness (QED) is 0.632. The molecule has 0 unspecified atom stereocenters. The molecule has 0 aliphatic carbocycles. The number of thiazole rings is 1. The van der Waals surface area contributed by atoms with Crippen molar-refractivity contribution < 1.29 is 9.53 Å². The first-order valence-electron chi connectivity index (χ1n) is 9.51. The highest BCUT2D eigenvalue weighted by Gasteiger charge is 2.27. The molecule has 0 N–H and O–H groups in total. The van der Waals surface area contributed by atoms with Crippen LogP contribution in [0.4, 0.5) is 0 Å². The Labute approximate surface area is 163 Å². The normalized spacial score (nSPS) is 17.4. The number of benzene rings is 2. The molecule has 27 heavy (non-hydrogen) atoms. The van der Waals surface area contributed by atoms with Crippen molar-refractivity contribution in [2.24, 2.45) is 0 Å². The number of para-hydroxylation sites is 1. The van der Waals surface area contributed by atoms with E-state index >= 15 is 0 Å². The molecule has 1 aromatic heterocycles. The first-order valence-corrected chi connectivity index (χ1v) is 10.3. The molecule has 140 valence electrons. The standard InChI is InChI=1S/C22H24N2O2S/c1-15(2)26-18-11-9-16(10-12-18)22(25)24-13-5-6-17(14-24)21-23-19-7-3-4-8-20(19)27-21/h3-4,7-12,15,17H,5-6,13-14H2,1-2H3/t17-/m0/s1. The van der Waals surface area contributed by atoms with E-state index in [1.54, 1.807) is 11.3 Å². The van der Waals surface area contributed by atoms with E-state index in [2.05, 4.69) is 12.1 Å². The van der Waals surface area contributed by atoms with E-state index in [-0.39, 0.29) is 12.0 Å². The zero-order chi connectivity index (χ0) is 18.8. The Hall–Kier alpha value is -2.40. The number of hydrogen-bond donors (Lipinski definition) is 0. The van der Waals surface area contributed by atoms with E-state index in [9.17, 15) is 4.79 Å². The van der Waals surface area contributed by atoms with Crippen LogP contribution in [0.15, 0.2) is 48.5 Å². The van der Waals surface area contributed by atoms with Crippen molar-refractivity contribution >= 4 is 27.5 Å². The van der Waals surface area contributed by atoms with E-state index in [4.69, 9.17) is 9.72 Å². The number of hydrogen-bond acceptors (Lipinski definition) is 4. The average Bonchev–Trinajstić information content (AvgIpc) is 3.12. The van der Waals surface area contributed by atoms with Gasteiger partial charge in [0.1, 0.15) is 5.75 Å². The Morgan fingerprint density at radius 1 is 1.19 bits per heavy atom.